The number of hydrogen-bond donors (Lipinski definition) is 0. The first kappa shape index (κ1) is 35.7. The van der Waals surface area contributed by atoms with Crippen molar-refractivity contribution in [1.82, 2.24) is 0 Å². The molecule has 0 saturated heterocycles. The summed E-state index contributed by atoms with van der Waals surface area (Å²) in [5.41, 5.74) is 25.7. The zero-order valence-corrected chi connectivity index (χ0v) is 32.8. The monoisotopic (exact) mass is 670 g/mol. The molecule has 0 bridgehead atoms. The normalized spacial score (nSPS) is 11.2. The van der Waals surface area contributed by atoms with Crippen molar-refractivity contribution < 1.29 is 0 Å². The summed E-state index contributed by atoms with van der Waals surface area (Å²) in [4.78, 5) is 4.82. The molecule has 2 heteroatoms. The van der Waals surface area contributed by atoms with Gasteiger partial charge in [-0.25, -0.2) is 0 Å². The second-order valence-corrected chi connectivity index (χ2v) is 15.0. The van der Waals surface area contributed by atoms with Gasteiger partial charge < -0.3 is 9.80 Å². The van der Waals surface area contributed by atoms with Crippen LogP contribution >= 0.6 is 0 Å². The molecule has 0 amide bonds. The first-order chi connectivity index (χ1) is 24.2. The molecule has 2 nitrogen and oxygen atoms in total. The summed E-state index contributed by atoms with van der Waals surface area (Å²) in [5, 5.41) is 0. The highest BCUT2D eigenvalue weighted by molar-refractivity contribution is 5.80. The van der Waals surface area contributed by atoms with E-state index < -0.39 is 0 Å². The zero-order chi connectivity index (χ0) is 36.7. The van der Waals surface area contributed by atoms with E-state index in [1.165, 1.54) is 112 Å². The largest absolute Gasteiger partial charge is 0.310 e. The molecular weight excluding hydrogens is 617 g/mol. The summed E-state index contributed by atoms with van der Waals surface area (Å²) in [7, 11) is 0. The van der Waals surface area contributed by atoms with Crippen LogP contribution in [0.2, 0.25) is 0 Å². The van der Waals surface area contributed by atoms with Crippen LogP contribution < -0.4 is 9.80 Å². The molecule has 0 aromatic heterocycles. The molecule has 0 aliphatic heterocycles. The average molecular weight is 671 g/mol. The minimum Gasteiger partial charge on any atom is -0.310 e. The predicted molar refractivity (Wildman–Crippen MR) is 222 cm³/mol. The lowest BCUT2D eigenvalue weighted by molar-refractivity contribution is 1.16. The molecule has 260 valence electrons. The molecule has 0 N–H and O–H groups in total. The van der Waals surface area contributed by atoms with E-state index in [1.807, 2.05) is 0 Å². The molecule has 6 aromatic carbocycles. The first-order valence-electron chi connectivity index (χ1n) is 18.3. The minimum absolute atomic E-state index is 0.873. The Morgan fingerprint density at radius 3 is 0.667 bits per heavy atom. The SMILES string of the molecule is Cc1cc(N(c2ccc(Cc3ccc(N(c4cc(C)c(C)c(C)c4)c4cc(C)c(C)c(C)c4)cc3)cc2)c2cc(C)c(C)c(C)c2)cc(C)c1C. The van der Waals surface area contributed by atoms with Crippen LogP contribution in [-0.2, 0) is 6.42 Å². The van der Waals surface area contributed by atoms with Gasteiger partial charge in [0.05, 0.1) is 0 Å². The molecular formula is C49H54N2. The number of benzene rings is 6. The fourth-order valence-corrected chi connectivity index (χ4v) is 7.22. The number of nitrogens with zero attached hydrogens (tertiary/aromatic N) is 2. The van der Waals surface area contributed by atoms with Crippen molar-refractivity contribution in [3.8, 4) is 0 Å². The molecule has 6 rings (SSSR count). The molecule has 0 fully saturated rings. The van der Waals surface area contributed by atoms with Crippen LogP contribution in [0.15, 0.2) is 97.1 Å². The average Bonchev–Trinajstić information content (AvgIpc) is 3.09. The van der Waals surface area contributed by atoms with E-state index in [2.05, 4.69) is 190 Å². The van der Waals surface area contributed by atoms with E-state index in [4.69, 9.17) is 0 Å². The number of anilines is 6. The van der Waals surface area contributed by atoms with Gasteiger partial charge in [-0.3, -0.25) is 0 Å². The van der Waals surface area contributed by atoms with Crippen molar-refractivity contribution in [2.45, 2.75) is 89.5 Å². The summed E-state index contributed by atoms with van der Waals surface area (Å²) in [5.74, 6) is 0. The van der Waals surface area contributed by atoms with Gasteiger partial charge in [0.1, 0.15) is 0 Å². The van der Waals surface area contributed by atoms with Gasteiger partial charge in [0.25, 0.3) is 0 Å². The second-order valence-electron chi connectivity index (χ2n) is 15.0. The van der Waals surface area contributed by atoms with E-state index in [1.54, 1.807) is 0 Å². The van der Waals surface area contributed by atoms with Crippen molar-refractivity contribution in [2.75, 3.05) is 9.80 Å². The molecule has 0 heterocycles. The van der Waals surface area contributed by atoms with E-state index >= 15 is 0 Å². The summed E-state index contributed by atoms with van der Waals surface area (Å²) < 4.78 is 0. The van der Waals surface area contributed by atoms with Gasteiger partial charge in [0.2, 0.25) is 0 Å². The maximum atomic E-state index is 2.41. The van der Waals surface area contributed by atoms with Crippen LogP contribution in [0.25, 0.3) is 0 Å². The Kier molecular flexibility index (Phi) is 10.0. The van der Waals surface area contributed by atoms with E-state index in [9.17, 15) is 0 Å². The third-order valence-electron chi connectivity index (χ3n) is 11.5. The highest BCUT2D eigenvalue weighted by Crippen LogP contribution is 2.40. The molecule has 0 spiro atoms. The molecule has 0 radical (unpaired) electrons. The van der Waals surface area contributed by atoms with Crippen molar-refractivity contribution in [2.24, 2.45) is 0 Å². The molecule has 0 aliphatic rings. The van der Waals surface area contributed by atoms with Gasteiger partial charge >= 0.3 is 0 Å². The van der Waals surface area contributed by atoms with Crippen LogP contribution in [0.5, 0.6) is 0 Å². The second kappa shape index (κ2) is 14.3. The molecule has 0 atom stereocenters. The van der Waals surface area contributed by atoms with Crippen LogP contribution in [0.3, 0.4) is 0 Å². The van der Waals surface area contributed by atoms with Crippen LogP contribution in [0.1, 0.15) is 77.9 Å². The van der Waals surface area contributed by atoms with Gasteiger partial charge in [-0.2, -0.15) is 0 Å². The van der Waals surface area contributed by atoms with Gasteiger partial charge in [0.15, 0.2) is 0 Å². The standard InChI is InChI=1S/C49H54N2/c1-30-21-46(22-31(2)38(30)9)50(47-23-32(3)39(10)33(4)24-47)44-17-13-42(14-18-44)29-43-15-19-45(20-16-43)51(48-25-34(5)40(11)35(6)26-48)49-27-36(7)41(12)37(8)28-49/h13-28H,29H2,1-12H3. The Balaban J connectivity index is 1.32. The summed E-state index contributed by atoms with van der Waals surface area (Å²) in [6, 6.07) is 36.9. The van der Waals surface area contributed by atoms with Crippen molar-refractivity contribution in [3.63, 3.8) is 0 Å². The molecule has 0 unspecified atom stereocenters. The van der Waals surface area contributed by atoms with E-state index in [0.29, 0.717) is 0 Å². The maximum Gasteiger partial charge on any atom is 0.0467 e. The van der Waals surface area contributed by atoms with Gasteiger partial charge in [-0.1, -0.05) is 24.3 Å². The molecule has 0 saturated carbocycles. The van der Waals surface area contributed by atoms with Gasteiger partial charge in [0, 0.05) is 34.1 Å². The van der Waals surface area contributed by atoms with Crippen LogP contribution in [0, 0.1) is 83.1 Å². The Bertz CT molecular complexity index is 1870. The quantitative estimate of drug-likeness (QED) is 0.159. The smallest absolute Gasteiger partial charge is 0.0467 e. The Morgan fingerprint density at radius 1 is 0.275 bits per heavy atom. The van der Waals surface area contributed by atoms with Crippen LogP contribution in [0.4, 0.5) is 34.1 Å². The third kappa shape index (κ3) is 7.24. The molecule has 51 heavy (non-hydrogen) atoms. The lowest BCUT2D eigenvalue weighted by atomic mass is 9.99. The Labute approximate surface area is 307 Å². The molecule has 6 aromatic rings. The van der Waals surface area contributed by atoms with Crippen molar-refractivity contribution >= 4 is 34.1 Å². The summed E-state index contributed by atoms with van der Waals surface area (Å²) >= 11 is 0. The van der Waals surface area contributed by atoms with Crippen molar-refractivity contribution in [1.29, 1.82) is 0 Å². The number of aryl methyl sites for hydroxylation is 8. The Hall–Kier alpha value is -5.08. The predicted octanol–water partition coefficient (Wildman–Crippen LogP) is 13.9. The highest BCUT2D eigenvalue weighted by Gasteiger charge is 2.18. The maximum absolute atomic E-state index is 2.41. The number of hydrogen-bond acceptors (Lipinski definition) is 2. The zero-order valence-electron chi connectivity index (χ0n) is 32.8. The minimum atomic E-state index is 0.873. The van der Waals surface area contributed by atoms with Crippen molar-refractivity contribution in [3.05, 3.63) is 175 Å². The van der Waals surface area contributed by atoms with Gasteiger partial charge in [-0.15, -0.1) is 0 Å². The summed E-state index contributed by atoms with van der Waals surface area (Å²) in [6.07, 6.45) is 0.873. The van der Waals surface area contributed by atoms with E-state index in [-0.39, 0.29) is 0 Å². The van der Waals surface area contributed by atoms with Gasteiger partial charge in [-0.05, 0) is 240 Å². The highest BCUT2D eigenvalue weighted by atomic mass is 15.1. The first-order valence-corrected chi connectivity index (χ1v) is 18.3. The lowest BCUT2D eigenvalue weighted by Gasteiger charge is -2.28. The fraction of sp³-hybridized carbons (Fsp3) is 0.265. The van der Waals surface area contributed by atoms with Crippen LogP contribution in [-0.4, -0.2) is 0 Å². The molecule has 0 aliphatic carbocycles. The number of rotatable bonds is 8. The Morgan fingerprint density at radius 2 is 0.471 bits per heavy atom. The topological polar surface area (TPSA) is 6.48 Å². The summed E-state index contributed by atoms with van der Waals surface area (Å²) in [6.45, 7) is 26.6. The van der Waals surface area contributed by atoms with E-state index in [0.717, 1.165) is 6.42 Å². The lowest BCUT2D eigenvalue weighted by Crippen LogP contribution is -2.12. The fourth-order valence-electron chi connectivity index (χ4n) is 7.22. The third-order valence-corrected chi connectivity index (χ3v) is 11.5.